The number of ether oxygens (including phenoxy) is 1. The highest BCUT2D eigenvalue weighted by atomic mass is 35.5. The molecule has 1 saturated carbocycles. The summed E-state index contributed by atoms with van der Waals surface area (Å²) in [6.45, 7) is 2.47. The fourth-order valence-corrected chi connectivity index (χ4v) is 2.43. The van der Waals surface area contributed by atoms with E-state index in [0.29, 0.717) is 12.0 Å². The first-order valence-corrected chi connectivity index (χ1v) is 6.24. The van der Waals surface area contributed by atoms with E-state index in [4.69, 9.17) is 10.5 Å². The number of methoxy groups -OCH3 is 1. The van der Waals surface area contributed by atoms with Crippen LogP contribution in [0, 0.1) is 5.92 Å². The van der Waals surface area contributed by atoms with Crippen LogP contribution >= 0.6 is 12.4 Å². The molecule has 1 aliphatic rings. The summed E-state index contributed by atoms with van der Waals surface area (Å²) in [7, 11) is 1.56. The van der Waals surface area contributed by atoms with Crippen molar-refractivity contribution < 1.29 is 9.53 Å². The molecule has 1 aliphatic carbocycles. The van der Waals surface area contributed by atoms with Crippen molar-refractivity contribution in [3.8, 4) is 0 Å². The summed E-state index contributed by atoms with van der Waals surface area (Å²) >= 11 is 0. The molecule has 0 aromatic heterocycles. The molecular formula is C12H25ClN2O2. The maximum atomic E-state index is 11.7. The van der Waals surface area contributed by atoms with E-state index in [2.05, 4.69) is 12.2 Å². The highest BCUT2D eigenvalue weighted by Gasteiger charge is 2.26. The summed E-state index contributed by atoms with van der Waals surface area (Å²) in [5, 5.41) is 3.06. The molecule has 3 N–H and O–H groups in total. The number of hydrogen-bond donors (Lipinski definition) is 2. The molecule has 0 radical (unpaired) electrons. The third kappa shape index (κ3) is 5.23. The van der Waals surface area contributed by atoms with Crippen molar-refractivity contribution in [1.82, 2.24) is 5.32 Å². The van der Waals surface area contributed by atoms with Gasteiger partial charge in [0.2, 0.25) is 5.91 Å². The third-order valence-corrected chi connectivity index (χ3v) is 3.44. The van der Waals surface area contributed by atoms with Gasteiger partial charge in [-0.05, 0) is 18.8 Å². The first-order chi connectivity index (χ1) is 7.69. The van der Waals surface area contributed by atoms with Crippen molar-refractivity contribution in [3.63, 3.8) is 0 Å². The Hall–Kier alpha value is -0.320. The number of carbonyl (C=O) groups excluding carboxylic acids is 1. The van der Waals surface area contributed by atoms with E-state index in [1.165, 1.54) is 19.3 Å². The predicted molar refractivity (Wildman–Crippen MR) is 71.3 cm³/mol. The summed E-state index contributed by atoms with van der Waals surface area (Å²) in [5.74, 6) is 0.541. The first kappa shape index (κ1) is 16.7. The Balaban J connectivity index is 0.00000256. The smallest absolute Gasteiger partial charge is 0.239 e. The number of amides is 1. The van der Waals surface area contributed by atoms with Crippen LogP contribution in [-0.4, -0.2) is 31.7 Å². The van der Waals surface area contributed by atoms with Crippen LogP contribution in [0.2, 0.25) is 0 Å². The molecule has 0 spiro atoms. The molecule has 17 heavy (non-hydrogen) atoms. The first-order valence-electron chi connectivity index (χ1n) is 6.24. The highest BCUT2D eigenvalue weighted by molar-refractivity contribution is 5.85. The fraction of sp³-hybridized carbons (Fsp3) is 0.917. The lowest BCUT2D eigenvalue weighted by Gasteiger charge is -2.32. The van der Waals surface area contributed by atoms with Gasteiger partial charge in [-0.3, -0.25) is 4.79 Å². The number of rotatable bonds is 5. The number of nitrogens with one attached hydrogen (secondary N) is 1. The molecule has 1 amide bonds. The van der Waals surface area contributed by atoms with E-state index in [0.717, 1.165) is 12.8 Å². The SMILES string of the molecule is CCC1CCCCC1NC(=O)C(N)COC.Cl. The molecule has 1 rings (SSSR count). The summed E-state index contributed by atoms with van der Waals surface area (Å²) in [6.07, 6.45) is 5.94. The number of halogens is 1. The van der Waals surface area contributed by atoms with Gasteiger partial charge >= 0.3 is 0 Å². The van der Waals surface area contributed by atoms with E-state index >= 15 is 0 Å². The van der Waals surface area contributed by atoms with Gasteiger partial charge in [0.25, 0.3) is 0 Å². The molecule has 0 aliphatic heterocycles. The van der Waals surface area contributed by atoms with Gasteiger partial charge in [-0.2, -0.15) is 0 Å². The molecule has 0 bridgehead atoms. The average Bonchev–Trinajstić information content (AvgIpc) is 2.30. The molecule has 0 aromatic carbocycles. The molecular weight excluding hydrogens is 240 g/mol. The molecule has 0 aromatic rings. The van der Waals surface area contributed by atoms with Crippen LogP contribution in [0.4, 0.5) is 0 Å². The van der Waals surface area contributed by atoms with Crippen LogP contribution in [0.1, 0.15) is 39.0 Å². The van der Waals surface area contributed by atoms with Crippen LogP contribution in [0.5, 0.6) is 0 Å². The second-order valence-corrected chi connectivity index (χ2v) is 4.63. The lowest BCUT2D eigenvalue weighted by Crippen LogP contribution is -2.50. The topological polar surface area (TPSA) is 64.4 Å². The lowest BCUT2D eigenvalue weighted by molar-refractivity contribution is -0.124. The molecule has 0 heterocycles. The van der Waals surface area contributed by atoms with Crippen LogP contribution in [0.3, 0.4) is 0 Å². The molecule has 3 unspecified atom stereocenters. The molecule has 102 valence electrons. The van der Waals surface area contributed by atoms with Gasteiger partial charge in [-0.15, -0.1) is 12.4 Å². The minimum Gasteiger partial charge on any atom is -0.383 e. The maximum Gasteiger partial charge on any atom is 0.239 e. The van der Waals surface area contributed by atoms with Gasteiger partial charge in [0, 0.05) is 13.2 Å². The highest BCUT2D eigenvalue weighted by Crippen LogP contribution is 2.26. The lowest BCUT2D eigenvalue weighted by atomic mass is 9.83. The van der Waals surface area contributed by atoms with Crippen molar-refractivity contribution in [3.05, 3.63) is 0 Å². The van der Waals surface area contributed by atoms with E-state index in [-0.39, 0.29) is 24.9 Å². The second kappa shape index (κ2) is 8.72. The van der Waals surface area contributed by atoms with Crippen LogP contribution in [0.25, 0.3) is 0 Å². The largest absolute Gasteiger partial charge is 0.383 e. The van der Waals surface area contributed by atoms with Gasteiger partial charge < -0.3 is 15.8 Å². The Labute approximate surface area is 110 Å². The van der Waals surface area contributed by atoms with Gasteiger partial charge in [-0.25, -0.2) is 0 Å². The van der Waals surface area contributed by atoms with E-state index in [9.17, 15) is 4.79 Å². The average molecular weight is 265 g/mol. The van der Waals surface area contributed by atoms with E-state index < -0.39 is 6.04 Å². The Bertz CT molecular complexity index is 227. The standard InChI is InChI=1S/C12H24N2O2.ClH/c1-3-9-6-4-5-7-11(9)14-12(15)10(13)8-16-2;/h9-11H,3-8,13H2,1-2H3,(H,14,15);1H. The number of nitrogens with two attached hydrogens (primary N) is 1. The summed E-state index contributed by atoms with van der Waals surface area (Å²) in [6, 6.07) is -0.224. The zero-order chi connectivity index (χ0) is 12.0. The predicted octanol–water partition coefficient (Wildman–Crippen LogP) is 1.47. The van der Waals surface area contributed by atoms with Gasteiger partial charge in [0.05, 0.1) is 6.61 Å². The summed E-state index contributed by atoms with van der Waals surface area (Å²) in [5.41, 5.74) is 5.69. The van der Waals surface area contributed by atoms with Crippen molar-refractivity contribution in [2.45, 2.75) is 51.1 Å². The zero-order valence-corrected chi connectivity index (χ0v) is 11.6. The van der Waals surface area contributed by atoms with Crippen LogP contribution in [-0.2, 0) is 9.53 Å². The Morgan fingerprint density at radius 2 is 2.12 bits per heavy atom. The Morgan fingerprint density at radius 1 is 1.47 bits per heavy atom. The minimum atomic E-state index is -0.538. The van der Waals surface area contributed by atoms with Crippen molar-refractivity contribution in [1.29, 1.82) is 0 Å². The van der Waals surface area contributed by atoms with Gasteiger partial charge in [0.1, 0.15) is 6.04 Å². The molecule has 3 atom stereocenters. The fourth-order valence-electron chi connectivity index (χ4n) is 2.43. The van der Waals surface area contributed by atoms with Crippen molar-refractivity contribution in [2.24, 2.45) is 11.7 Å². The zero-order valence-electron chi connectivity index (χ0n) is 10.8. The molecule has 0 saturated heterocycles. The third-order valence-electron chi connectivity index (χ3n) is 3.44. The molecule has 4 nitrogen and oxygen atoms in total. The maximum absolute atomic E-state index is 11.7. The van der Waals surface area contributed by atoms with Crippen molar-refractivity contribution >= 4 is 18.3 Å². The summed E-state index contributed by atoms with van der Waals surface area (Å²) < 4.78 is 4.88. The van der Waals surface area contributed by atoms with E-state index in [1.54, 1.807) is 7.11 Å². The molecule has 5 heteroatoms. The second-order valence-electron chi connectivity index (χ2n) is 4.63. The van der Waals surface area contributed by atoms with E-state index in [1.807, 2.05) is 0 Å². The summed E-state index contributed by atoms with van der Waals surface area (Å²) in [4.78, 5) is 11.7. The van der Waals surface area contributed by atoms with Crippen LogP contribution < -0.4 is 11.1 Å². The van der Waals surface area contributed by atoms with Gasteiger partial charge in [-0.1, -0.05) is 26.2 Å². The minimum absolute atomic E-state index is 0. The monoisotopic (exact) mass is 264 g/mol. The van der Waals surface area contributed by atoms with Crippen LogP contribution in [0.15, 0.2) is 0 Å². The normalized spacial score (nSPS) is 25.8. The number of carbonyl (C=O) groups is 1. The van der Waals surface area contributed by atoms with Gasteiger partial charge in [0.15, 0.2) is 0 Å². The molecule has 1 fully saturated rings. The quantitative estimate of drug-likeness (QED) is 0.790. The Morgan fingerprint density at radius 3 is 2.71 bits per heavy atom. The number of hydrogen-bond acceptors (Lipinski definition) is 3. The van der Waals surface area contributed by atoms with Crippen molar-refractivity contribution in [2.75, 3.05) is 13.7 Å². The Kier molecular flexibility index (Phi) is 8.56.